The topological polar surface area (TPSA) is 84.7 Å². The van der Waals surface area contributed by atoms with Crippen LogP contribution in [0.3, 0.4) is 0 Å². The largest absolute Gasteiger partial charge is 0.456 e. The fourth-order valence-corrected chi connectivity index (χ4v) is 7.80. The smallest absolute Gasteiger partial charge is 0.164 e. The maximum Gasteiger partial charge on any atom is 0.164 e. The van der Waals surface area contributed by atoms with Gasteiger partial charge in [0.15, 0.2) is 23.3 Å². The van der Waals surface area contributed by atoms with Crippen molar-refractivity contribution in [1.82, 2.24) is 20.3 Å². The molecule has 7 nitrogen and oxygen atoms in total. The quantitative estimate of drug-likeness (QED) is 0.175. The highest BCUT2D eigenvalue weighted by Gasteiger charge is 2.35. The molecule has 1 unspecified atom stereocenters. The van der Waals surface area contributed by atoms with Gasteiger partial charge in [-0.05, 0) is 35.4 Å². The summed E-state index contributed by atoms with van der Waals surface area (Å²) in [6.45, 7) is 4.52. The minimum atomic E-state index is -0.497. The van der Waals surface area contributed by atoms with Crippen molar-refractivity contribution in [2.24, 2.45) is 9.98 Å². The number of aliphatic imine (C=N–C) groups is 2. The Kier molecular flexibility index (Phi) is 8.75. The van der Waals surface area contributed by atoms with Gasteiger partial charge in [-0.15, -0.1) is 0 Å². The van der Waals surface area contributed by atoms with E-state index in [-0.39, 0.29) is 5.41 Å². The van der Waals surface area contributed by atoms with Crippen LogP contribution in [-0.4, -0.2) is 26.6 Å². The third-order valence-corrected chi connectivity index (χ3v) is 10.8. The summed E-state index contributed by atoms with van der Waals surface area (Å²) in [4.78, 5) is 25.6. The van der Waals surface area contributed by atoms with Gasteiger partial charge in [0.1, 0.15) is 23.5 Å². The molecule has 1 atom stereocenters. The van der Waals surface area contributed by atoms with Crippen molar-refractivity contribution < 1.29 is 4.74 Å². The molecule has 1 aromatic heterocycles. The van der Waals surface area contributed by atoms with E-state index in [2.05, 4.69) is 85.9 Å². The number of ether oxygens (including phenoxy) is 1. The summed E-state index contributed by atoms with van der Waals surface area (Å²) in [6.07, 6.45) is -0.497. The Hall–Kier alpha value is -7.51. The third-order valence-electron chi connectivity index (χ3n) is 10.8. The normalized spacial score (nSPS) is 15.2. The number of fused-ring (bicyclic) bond motifs is 2. The SMILES string of the molecule is CC1(C)c2ccccc2Oc2c(-c3cc(-c4nc(-c5ccccc5)nc(-c5ccccc5)n4)cc(C4N=C(c5ccccc5)N=C(c5ccccc5)N4)c3)cccc21. The molecule has 3 heterocycles. The molecular formula is C51H38N6O. The van der Waals surface area contributed by atoms with E-state index in [1.54, 1.807) is 0 Å². The van der Waals surface area contributed by atoms with Crippen LogP contribution >= 0.6 is 0 Å². The minimum absolute atomic E-state index is 0.287. The van der Waals surface area contributed by atoms with Gasteiger partial charge >= 0.3 is 0 Å². The van der Waals surface area contributed by atoms with Crippen LogP contribution in [0.2, 0.25) is 0 Å². The minimum Gasteiger partial charge on any atom is -0.456 e. The fraction of sp³-hybridized carbons (Fsp3) is 0.0784. The Labute approximate surface area is 337 Å². The van der Waals surface area contributed by atoms with Crippen LogP contribution in [0.4, 0.5) is 0 Å². The lowest BCUT2D eigenvalue weighted by Gasteiger charge is -2.35. The van der Waals surface area contributed by atoms with Gasteiger partial charge in [-0.25, -0.2) is 24.9 Å². The standard InChI is InChI=1S/C51H38N6O/c1-51(2)41-27-15-16-29-43(41)58-44-40(26-17-28-42(44)51)37-30-38(49-54-45(33-18-7-3-8-19-33)52-46(55-49)34-20-9-4-10-21-34)32-39(31-37)50-56-47(35-22-11-5-12-23-35)53-48(57-50)36-24-13-6-14-25-36/h3-32,49H,1-2H3,(H,52,54,55). The van der Waals surface area contributed by atoms with Gasteiger partial charge in [-0.3, -0.25) is 0 Å². The van der Waals surface area contributed by atoms with Gasteiger partial charge in [0.25, 0.3) is 0 Å². The van der Waals surface area contributed by atoms with Gasteiger partial charge in [0.05, 0.1) is 0 Å². The Morgan fingerprint density at radius 2 is 1.00 bits per heavy atom. The van der Waals surface area contributed by atoms with Crippen LogP contribution in [0.1, 0.15) is 47.8 Å². The van der Waals surface area contributed by atoms with Gasteiger partial charge < -0.3 is 10.1 Å². The lowest BCUT2D eigenvalue weighted by atomic mass is 9.75. The molecule has 7 aromatic carbocycles. The highest BCUT2D eigenvalue weighted by Crippen LogP contribution is 2.51. The molecule has 2 aliphatic heterocycles. The molecule has 0 spiro atoms. The number of hydrogen-bond acceptors (Lipinski definition) is 7. The Morgan fingerprint density at radius 3 is 1.64 bits per heavy atom. The fourth-order valence-electron chi connectivity index (χ4n) is 7.80. The Bertz CT molecular complexity index is 2800. The zero-order valence-electron chi connectivity index (χ0n) is 32.0. The number of nitrogens with one attached hydrogen (secondary N) is 1. The van der Waals surface area contributed by atoms with Crippen LogP contribution in [0.5, 0.6) is 11.5 Å². The van der Waals surface area contributed by atoms with Crippen molar-refractivity contribution in [3.63, 3.8) is 0 Å². The van der Waals surface area contributed by atoms with E-state index in [0.29, 0.717) is 23.3 Å². The van der Waals surface area contributed by atoms with Gasteiger partial charge in [0.2, 0.25) is 0 Å². The molecular weight excluding hydrogens is 713 g/mol. The summed E-state index contributed by atoms with van der Waals surface area (Å²) in [6, 6.07) is 61.6. The van der Waals surface area contributed by atoms with E-state index in [1.165, 1.54) is 0 Å². The summed E-state index contributed by atoms with van der Waals surface area (Å²) in [5, 5.41) is 3.68. The second-order valence-electron chi connectivity index (χ2n) is 15.0. The molecule has 0 bridgehead atoms. The molecule has 0 fully saturated rings. The summed E-state index contributed by atoms with van der Waals surface area (Å²) in [7, 11) is 0. The molecule has 1 N–H and O–H groups in total. The van der Waals surface area contributed by atoms with E-state index in [4.69, 9.17) is 29.7 Å². The zero-order valence-corrected chi connectivity index (χ0v) is 32.0. The third kappa shape index (κ3) is 6.52. The number of hydrogen-bond donors (Lipinski definition) is 1. The van der Waals surface area contributed by atoms with E-state index >= 15 is 0 Å². The van der Waals surface area contributed by atoms with Crippen LogP contribution in [-0.2, 0) is 5.41 Å². The predicted molar refractivity (Wildman–Crippen MR) is 232 cm³/mol. The van der Waals surface area contributed by atoms with Crippen LogP contribution in [0.15, 0.2) is 192 Å². The second-order valence-corrected chi connectivity index (χ2v) is 15.0. The average molecular weight is 751 g/mol. The Balaban J connectivity index is 1.20. The Morgan fingerprint density at radius 1 is 0.483 bits per heavy atom. The van der Waals surface area contributed by atoms with Crippen molar-refractivity contribution in [2.75, 3.05) is 0 Å². The molecule has 0 radical (unpaired) electrons. The number of benzene rings is 7. The van der Waals surface area contributed by atoms with Crippen LogP contribution in [0, 0.1) is 0 Å². The van der Waals surface area contributed by atoms with Gasteiger partial charge in [-0.2, -0.15) is 0 Å². The predicted octanol–water partition coefficient (Wildman–Crippen LogP) is 11.5. The number of aromatic nitrogens is 3. The monoisotopic (exact) mass is 750 g/mol. The van der Waals surface area contributed by atoms with Gasteiger partial charge in [-0.1, -0.05) is 172 Å². The molecule has 278 valence electrons. The molecule has 7 heteroatoms. The first-order valence-electron chi connectivity index (χ1n) is 19.5. The molecule has 2 aliphatic rings. The maximum atomic E-state index is 6.83. The van der Waals surface area contributed by atoms with Crippen molar-refractivity contribution >= 4 is 11.7 Å². The molecule has 10 rings (SSSR count). The molecule has 0 aliphatic carbocycles. The lowest BCUT2D eigenvalue weighted by Crippen LogP contribution is -2.33. The van der Waals surface area contributed by atoms with Crippen LogP contribution in [0.25, 0.3) is 45.3 Å². The summed E-state index contributed by atoms with van der Waals surface area (Å²) < 4.78 is 6.83. The molecule has 0 amide bonds. The van der Waals surface area contributed by atoms with E-state index in [0.717, 1.165) is 73.0 Å². The highest BCUT2D eigenvalue weighted by molar-refractivity contribution is 6.13. The van der Waals surface area contributed by atoms with Crippen LogP contribution < -0.4 is 10.1 Å². The number of amidine groups is 2. The first kappa shape index (κ1) is 34.9. The van der Waals surface area contributed by atoms with Gasteiger partial charge in [0, 0.05) is 49.9 Å². The molecule has 8 aromatic rings. The van der Waals surface area contributed by atoms with E-state index in [1.807, 2.05) is 115 Å². The number of nitrogens with zero attached hydrogens (tertiary/aromatic N) is 5. The first-order chi connectivity index (χ1) is 28.5. The summed E-state index contributed by atoms with van der Waals surface area (Å²) >= 11 is 0. The molecule has 58 heavy (non-hydrogen) atoms. The van der Waals surface area contributed by atoms with Crippen molar-refractivity contribution in [2.45, 2.75) is 25.4 Å². The highest BCUT2D eigenvalue weighted by atomic mass is 16.5. The van der Waals surface area contributed by atoms with E-state index < -0.39 is 6.17 Å². The maximum absolute atomic E-state index is 6.83. The average Bonchev–Trinajstić information content (AvgIpc) is 3.29. The zero-order chi connectivity index (χ0) is 39.1. The number of rotatable bonds is 7. The number of para-hydroxylation sites is 2. The van der Waals surface area contributed by atoms with Crippen molar-refractivity contribution in [3.8, 4) is 56.8 Å². The van der Waals surface area contributed by atoms with Crippen molar-refractivity contribution in [3.05, 3.63) is 210 Å². The second kappa shape index (κ2) is 14.5. The summed E-state index contributed by atoms with van der Waals surface area (Å²) in [5.41, 5.74) is 9.34. The van der Waals surface area contributed by atoms with Crippen molar-refractivity contribution in [1.29, 1.82) is 0 Å². The molecule has 0 saturated heterocycles. The molecule has 0 saturated carbocycles. The van der Waals surface area contributed by atoms with E-state index in [9.17, 15) is 0 Å². The summed E-state index contributed by atoms with van der Waals surface area (Å²) in [5.74, 6) is 4.80. The first-order valence-corrected chi connectivity index (χ1v) is 19.5. The lowest BCUT2D eigenvalue weighted by molar-refractivity contribution is 0.419.